The molecule has 2 aromatic heterocycles. The summed E-state index contributed by atoms with van der Waals surface area (Å²) in [5, 5.41) is 0. The summed E-state index contributed by atoms with van der Waals surface area (Å²) < 4.78 is 16.4. The fourth-order valence-electron chi connectivity index (χ4n) is 3.60. The lowest BCUT2D eigenvalue weighted by Crippen LogP contribution is -2.44. The smallest absolute Gasteiger partial charge is 0.426 e. The molecule has 188 valence electrons. The van der Waals surface area contributed by atoms with E-state index in [9.17, 15) is 0 Å². The molecule has 0 aliphatic carbocycles. The van der Waals surface area contributed by atoms with Crippen LogP contribution in [0.15, 0.2) is 89.7 Å². The first-order valence-electron chi connectivity index (χ1n) is 12.4. The van der Waals surface area contributed by atoms with E-state index in [4.69, 9.17) is 13.7 Å². The number of hydrogen-bond acceptors (Lipinski definition) is 5. The Morgan fingerprint density at radius 2 is 0.973 bits per heavy atom. The van der Waals surface area contributed by atoms with Gasteiger partial charge in [0.05, 0.1) is 11.4 Å². The van der Waals surface area contributed by atoms with Gasteiger partial charge in [0.1, 0.15) is 0 Å². The van der Waals surface area contributed by atoms with E-state index < -0.39 is 0 Å². The number of halogens is 1. The average Bonchev–Trinajstić information content (AvgIpc) is 2.88. The molecule has 5 rings (SSSR count). The van der Waals surface area contributed by atoms with Gasteiger partial charge in [0, 0.05) is 28.0 Å². The Balaban J connectivity index is 0.000000159. The summed E-state index contributed by atoms with van der Waals surface area (Å²) in [6.07, 6.45) is 3.77. The van der Waals surface area contributed by atoms with Gasteiger partial charge < -0.3 is 13.7 Å². The van der Waals surface area contributed by atoms with Crippen LogP contribution in [0.2, 0.25) is 20.5 Å². The van der Waals surface area contributed by atoms with E-state index in [2.05, 4.69) is 83.1 Å². The van der Waals surface area contributed by atoms with Crippen LogP contribution in [0.1, 0.15) is 16.7 Å². The monoisotopic (exact) mass is 556 g/mol. The van der Waals surface area contributed by atoms with E-state index in [0.717, 1.165) is 21.4 Å². The van der Waals surface area contributed by atoms with Gasteiger partial charge in [0.15, 0.2) is 0 Å². The molecular formula is C28H32B3BrN2O3. The lowest BCUT2D eigenvalue weighted by Gasteiger charge is -2.25. The zero-order chi connectivity index (χ0) is 26.8. The van der Waals surface area contributed by atoms with E-state index in [1.165, 1.54) is 22.3 Å². The van der Waals surface area contributed by atoms with E-state index in [0.29, 0.717) is 0 Å². The third kappa shape index (κ3) is 9.27. The number of aromatic nitrogens is 2. The van der Waals surface area contributed by atoms with Gasteiger partial charge in [-0.1, -0.05) is 60.7 Å². The molecule has 0 amide bonds. The summed E-state index contributed by atoms with van der Waals surface area (Å²) in [7, 11) is -0.406. The predicted octanol–water partition coefficient (Wildman–Crippen LogP) is 7.59. The van der Waals surface area contributed by atoms with Crippen LogP contribution >= 0.6 is 15.9 Å². The predicted molar refractivity (Wildman–Crippen MR) is 159 cm³/mol. The van der Waals surface area contributed by atoms with Crippen molar-refractivity contribution in [2.24, 2.45) is 0 Å². The molecule has 1 aliphatic rings. The summed E-state index contributed by atoms with van der Waals surface area (Å²) in [6, 6.07) is 24.6. The second-order valence-electron chi connectivity index (χ2n) is 8.82. The van der Waals surface area contributed by atoms with Crippen LogP contribution in [-0.2, 0) is 13.7 Å². The Morgan fingerprint density at radius 3 is 1.38 bits per heavy atom. The van der Waals surface area contributed by atoms with E-state index >= 15 is 0 Å². The summed E-state index contributed by atoms with van der Waals surface area (Å²) in [5.74, 6) is 0. The number of aryl methyl sites for hydroxylation is 3. The van der Waals surface area contributed by atoms with Crippen LogP contribution in [0.3, 0.4) is 0 Å². The maximum absolute atomic E-state index is 5.11. The molecule has 0 spiro atoms. The van der Waals surface area contributed by atoms with Gasteiger partial charge in [0.25, 0.3) is 0 Å². The second kappa shape index (κ2) is 14.3. The number of benzene rings is 2. The zero-order valence-electron chi connectivity index (χ0n) is 22.3. The number of hydrogen-bond donors (Lipinski definition) is 0. The van der Waals surface area contributed by atoms with Crippen molar-refractivity contribution >= 4 is 37.3 Å². The van der Waals surface area contributed by atoms with Crippen molar-refractivity contribution in [2.75, 3.05) is 0 Å². The fraction of sp³-hybridized carbons (Fsp3) is 0.214. The van der Waals surface area contributed by atoms with Crippen LogP contribution in [0.5, 0.6) is 0 Å². The quantitative estimate of drug-likeness (QED) is 0.238. The molecule has 2 aromatic carbocycles. The summed E-state index contributed by atoms with van der Waals surface area (Å²) >= 11 is 3.44. The van der Waals surface area contributed by atoms with Crippen LogP contribution in [0, 0.1) is 20.8 Å². The van der Waals surface area contributed by atoms with Crippen molar-refractivity contribution in [2.45, 2.75) is 41.2 Å². The first-order valence-corrected chi connectivity index (χ1v) is 13.1. The molecule has 0 saturated carbocycles. The third-order valence-corrected chi connectivity index (χ3v) is 6.54. The standard InChI is InChI=1S/C13H13N.C12H10BrN.C3H9B3O3/c1-10-8-13(14-9-11(10)2)12-6-4-3-5-7-12;1-9-7-12(14-8-11(9)13)10-5-3-2-4-6-10;1-4-7-5(2)9-6(3)8-4/h3-9H,1-2H3;2-8H,1H3;1-3H3. The highest BCUT2D eigenvalue weighted by atomic mass is 79.9. The highest BCUT2D eigenvalue weighted by Gasteiger charge is 2.31. The van der Waals surface area contributed by atoms with Crippen molar-refractivity contribution in [3.8, 4) is 22.5 Å². The molecule has 1 fully saturated rings. The largest absolute Gasteiger partial charge is 0.453 e. The second-order valence-corrected chi connectivity index (χ2v) is 9.67. The summed E-state index contributed by atoms with van der Waals surface area (Å²) in [6.45, 7) is 11.8. The van der Waals surface area contributed by atoms with Crippen LogP contribution in [-0.4, -0.2) is 31.3 Å². The Bertz CT molecular complexity index is 1150. The molecule has 0 unspecified atom stereocenters. The average molecular weight is 557 g/mol. The summed E-state index contributed by atoms with van der Waals surface area (Å²) in [5.41, 5.74) is 8.14. The van der Waals surface area contributed by atoms with Crippen molar-refractivity contribution < 1.29 is 13.7 Å². The first kappa shape index (κ1) is 28.9. The van der Waals surface area contributed by atoms with Crippen molar-refractivity contribution in [3.05, 3.63) is 106 Å². The topological polar surface area (TPSA) is 53.5 Å². The SMILES string of the molecule is CB1OB(C)OB(C)O1.Cc1cc(-c2ccccc2)ncc1Br.Cc1cnc(-c2ccccc2)cc1C. The van der Waals surface area contributed by atoms with E-state index in [-0.39, 0.29) is 21.4 Å². The zero-order valence-corrected chi connectivity index (χ0v) is 23.9. The van der Waals surface area contributed by atoms with Gasteiger partial charge in [-0.15, -0.1) is 0 Å². The van der Waals surface area contributed by atoms with Crippen LogP contribution < -0.4 is 0 Å². The molecule has 3 heterocycles. The molecular weight excluding hydrogens is 525 g/mol. The fourth-order valence-corrected chi connectivity index (χ4v) is 3.82. The molecule has 1 aliphatic heterocycles. The highest BCUT2D eigenvalue weighted by molar-refractivity contribution is 9.10. The van der Waals surface area contributed by atoms with Gasteiger partial charge >= 0.3 is 21.4 Å². The molecule has 9 heteroatoms. The van der Waals surface area contributed by atoms with Gasteiger partial charge in [-0.25, -0.2) is 0 Å². The van der Waals surface area contributed by atoms with Gasteiger partial charge in [-0.2, -0.15) is 0 Å². The number of rotatable bonds is 2. The molecule has 5 nitrogen and oxygen atoms in total. The van der Waals surface area contributed by atoms with Crippen molar-refractivity contribution in [1.82, 2.24) is 9.97 Å². The Hall–Kier alpha value is -2.71. The molecule has 0 radical (unpaired) electrons. The van der Waals surface area contributed by atoms with Gasteiger partial charge in [-0.05, 0) is 86.0 Å². The molecule has 4 aromatic rings. The normalized spacial score (nSPS) is 12.8. The highest BCUT2D eigenvalue weighted by Crippen LogP contribution is 2.22. The Labute approximate surface area is 230 Å². The van der Waals surface area contributed by atoms with Crippen molar-refractivity contribution in [3.63, 3.8) is 0 Å². The molecule has 0 bridgehead atoms. The van der Waals surface area contributed by atoms with Gasteiger partial charge in [-0.3, -0.25) is 9.97 Å². The minimum atomic E-state index is -0.135. The molecule has 1 saturated heterocycles. The third-order valence-electron chi connectivity index (χ3n) is 5.71. The molecule has 37 heavy (non-hydrogen) atoms. The van der Waals surface area contributed by atoms with E-state index in [1.807, 2.05) is 69.3 Å². The summed E-state index contributed by atoms with van der Waals surface area (Å²) in [4.78, 5) is 8.77. The minimum Gasteiger partial charge on any atom is -0.453 e. The molecule has 0 N–H and O–H groups in total. The maximum atomic E-state index is 5.11. The lowest BCUT2D eigenvalue weighted by atomic mass is 9.74. The van der Waals surface area contributed by atoms with E-state index in [1.54, 1.807) is 0 Å². The van der Waals surface area contributed by atoms with Crippen LogP contribution in [0.4, 0.5) is 0 Å². The lowest BCUT2D eigenvalue weighted by molar-refractivity contribution is 0.294. The Kier molecular flexibility index (Phi) is 11.1. The molecule has 0 atom stereocenters. The van der Waals surface area contributed by atoms with Crippen molar-refractivity contribution in [1.29, 1.82) is 0 Å². The minimum absolute atomic E-state index is 0.135. The van der Waals surface area contributed by atoms with Crippen LogP contribution in [0.25, 0.3) is 22.5 Å². The van der Waals surface area contributed by atoms with Gasteiger partial charge in [0.2, 0.25) is 0 Å². The first-order chi connectivity index (χ1) is 17.7. The number of pyridine rings is 2. The Morgan fingerprint density at radius 1 is 0.568 bits per heavy atom. The number of nitrogens with zero attached hydrogens (tertiary/aromatic N) is 2. The maximum Gasteiger partial charge on any atom is 0.426 e.